The van der Waals surface area contributed by atoms with Gasteiger partial charge in [-0.2, -0.15) is 0 Å². The molecule has 0 saturated heterocycles. The van der Waals surface area contributed by atoms with Gasteiger partial charge in [0.1, 0.15) is 6.04 Å². The van der Waals surface area contributed by atoms with Crippen molar-refractivity contribution in [3.63, 3.8) is 0 Å². The molecule has 0 saturated carbocycles. The molecule has 6 nitrogen and oxygen atoms in total. The van der Waals surface area contributed by atoms with Crippen molar-refractivity contribution in [3.8, 4) is 0 Å². The van der Waals surface area contributed by atoms with E-state index in [0.717, 1.165) is 0 Å². The van der Waals surface area contributed by atoms with Crippen LogP contribution >= 0.6 is 0 Å². The summed E-state index contributed by atoms with van der Waals surface area (Å²) in [5.41, 5.74) is 0.647. The Morgan fingerprint density at radius 1 is 1.56 bits per heavy atom. The van der Waals surface area contributed by atoms with Gasteiger partial charge in [0.25, 0.3) is 0 Å². The zero-order valence-corrected chi connectivity index (χ0v) is 8.91. The highest BCUT2D eigenvalue weighted by atomic mass is 16.4. The number of imidazole rings is 1. The van der Waals surface area contributed by atoms with Crippen molar-refractivity contribution in [3.05, 3.63) is 28.8 Å². The lowest BCUT2D eigenvalue weighted by Crippen LogP contribution is -2.28. The Labute approximate surface area is 90.8 Å². The molecule has 2 aromatic rings. The van der Waals surface area contributed by atoms with Crippen LogP contribution in [0.25, 0.3) is 11.2 Å². The second-order valence-corrected chi connectivity index (χ2v) is 3.57. The number of carboxylic acids is 1. The number of aliphatic carboxylic acids is 1. The average molecular weight is 221 g/mol. The van der Waals surface area contributed by atoms with E-state index in [-0.39, 0.29) is 5.69 Å². The monoisotopic (exact) mass is 221 g/mol. The van der Waals surface area contributed by atoms with E-state index in [2.05, 4.69) is 4.98 Å². The van der Waals surface area contributed by atoms with Gasteiger partial charge in [-0.25, -0.2) is 14.6 Å². The third kappa shape index (κ3) is 1.30. The smallest absolute Gasteiger partial charge is 0.330 e. The van der Waals surface area contributed by atoms with Crippen LogP contribution in [0.1, 0.15) is 13.0 Å². The summed E-state index contributed by atoms with van der Waals surface area (Å²) in [6.45, 7) is 1.46. The molecule has 2 aromatic heterocycles. The second-order valence-electron chi connectivity index (χ2n) is 3.57. The normalized spacial score (nSPS) is 12.9. The van der Waals surface area contributed by atoms with Gasteiger partial charge < -0.3 is 5.11 Å². The first kappa shape index (κ1) is 10.4. The van der Waals surface area contributed by atoms with Gasteiger partial charge in [0.05, 0.1) is 5.52 Å². The lowest BCUT2D eigenvalue weighted by molar-refractivity contribution is -0.140. The minimum atomic E-state index is -1.06. The minimum absolute atomic E-state index is 0.372. The standard InChI is InChI=1S/C10H11N3O3/c1-6(9(14)15)13-8-7(4-3-5-11-8)12(2)10(13)16/h3-6H,1-2H3,(H,14,15). The van der Waals surface area contributed by atoms with E-state index in [0.29, 0.717) is 11.2 Å². The molecule has 2 rings (SSSR count). The number of nitrogens with zero attached hydrogens (tertiary/aromatic N) is 3. The fraction of sp³-hybridized carbons (Fsp3) is 0.300. The summed E-state index contributed by atoms with van der Waals surface area (Å²) < 4.78 is 2.57. The SMILES string of the molecule is CC(C(=O)O)n1c(=O)n(C)c2cccnc21. The van der Waals surface area contributed by atoms with E-state index in [4.69, 9.17) is 5.11 Å². The maximum atomic E-state index is 11.9. The van der Waals surface area contributed by atoms with Gasteiger partial charge >= 0.3 is 11.7 Å². The molecule has 84 valence electrons. The van der Waals surface area contributed by atoms with Crippen LogP contribution in [0.2, 0.25) is 0 Å². The first-order valence-electron chi connectivity index (χ1n) is 4.78. The van der Waals surface area contributed by atoms with E-state index < -0.39 is 12.0 Å². The van der Waals surface area contributed by atoms with Crippen molar-refractivity contribution in [2.75, 3.05) is 0 Å². The average Bonchev–Trinajstić information content (AvgIpc) is 2.52. The highest BCUT2D eigenvalue weighted by Crippen LogP contribution is 2.13. The van der Waals surface area contributed by atoms with Gasteiger partial charge in [0.2, 0.25) is 0 Å². The van der Waals surface area contributed by atoms with Crippen molar-refractivity contribution in [2.45, 2.75) is 13.0 Å². The molecule has 1 N–H and O–H groups in total. The van der Waals surface area contributed by atoms with Crippen molar-refractivity contribution in [1.82, 2.24) is 14.1 Å². The zero-order valence-electron chi connectivity index (χ0n) is 8.91. The third-order valence-electron chi connectivity index (χ3n) is 2.59. The fourth-order valence-electron chi connectivity index (χ4n) is 1.65. The second kappa shape index (κ2) is 3.48. The zero-order chi connectivity index (χ0) is 11.9. The molecule has 0 aliphatic rings. The van der Waals surface area contributed by atoms with Crippen molar-refractivity contribution in [2.24, 2.45) is 7.05 Å². The number of aryl methyl sites for hydroxylation is 1. The molecule has 0 aromatic carbocycles. The molecule has 0 spiro atoms. The first-order chi connectivity index (χ1) is 7.54. The van der Waals surface area contributed by atoms with Crippen LogP contribution in [0.5, 0.6) is 0 Å². The Morgan fingerprint density at radius 3 is 2.88 bits per heavy atom. The van der Waals surface area contributed by atoms with Crippen LogP contribution in [0.4, 0.5) is 0 Å². The molecule has 0 bridgehead atoms. The Bertz CT molecular complexity index is 611. The van der Waals surface area contributed by atoms with Gasteiger partial charge in [-0.1, -0.05) is 0 Å². The van der Waals surface area contributed by atoms with Crippen LogP contribution in [0.15, 0.2) is 23.1 Å². The first-order valence-corrected chi connectivity index (χ1v) is 4.78. The van der Waals surface area contributed by atoms with Crippen LogP contribution in [-0.2, 0) is 11.8 Å². The van der Waals surface area contributed by atoms with Crippen LogP contribution < -0.4 is 5.69 Å². The quantitative estimate of drug-likeness (QED) is 0.795. The van der Waals surface area contributed by atoms with Crippen LogP contribution in [0, 0.1) is 0 Å². The van der Waals surface area contributed by atoms with Gasteiger partial charge in [-0.3, -0.25) is 9.13 Å². The third-order valence-corrected chi connectivity index (χ3v) is 2.59. The van der Waals surface area contributed by atoms with Gasteiger partial charge in [-0.15, -0.1) is 0 Å². The van der Waals surface area contributed by atoms with Gasteiger partial charge in [0, 0.05) is 13.2 Å². The minimum Gasteiger partial charge on any atom is -0.480 e. The Morgan fingerprint density at radius 2 is 2.25 bits per heavy atom. The highest BCUT2D eigenvalue weighted by Gasteiger charge is 2.21. The molecule has 0 fully saturated rings. The van der Waals surface area contributed by atoms with Crippen LogP contribution in [-0.4, -0.2) is 25.2 Å². The Kier molecular flexibility index (Phi) is 2.26. The molecule has 0 radical (unpaired) electrons. The van der Waals surface area contributed by atoms with Crippen LogP contribution in [0.3, 0.4) is 0 Å². The van der Waals surface area contributed by atoms with E-state index in [1.807, 2.05) is 0 Å². The molecule has 0 aliphatic carbocycles. The molecule has 6 heteroatoms. The number of fused-ring (bicyclic) bond motifs is 1. The summed E-state index contributed by atoms with van der Waals surface area (Å²) in [6.07, 6.45) is 1.53. The Balaban J connectivity index is 2.84. The molecule has 0 aliphatic heterocycles. The summed E-state index contributed by atoms with van der Waals surface area (Å²) in [7, 11) is 1.59. The Hall–Kier alpha value is -2.11. The summed E-state index contributed by atoms with van der Waals surface area (Å²) in [6, 6.07) is 2.51. The lowest BCUT2D eigenvalue weighted by Gasteiger charge is -2.06. The largest absolute Gasteiger partial charge is 0.480 e. The maximum Gasteiger partial charge on any atom is 0.330 e. The topological polar surface area (TPSA) is 77.1 Å². The van der Waals surface area contributed by atoms with E-state index in [1.54, 1.807) is 19.2 Å². The number of hydrogen-bond acceptors (Lipinski definition) is 3. The number of hydrogen-bond donors (Lipinski definition) is 1. The molecule has 1 unspecified atom stereocenters. The molecule has 2 heterocycles. The summed E-state index contributed by atoms with van der Waals surface area (Å²) in [5.74, 6) is -1.06. The summed E-state index contributed by atoms with van der Waals surface area (Å²) >= 11 is 0. The predicted octanol–water partition coefficient (Wildman–Crippen LogP) is 0.381. The van der Waals surface area contributed by atoms with Gasteiger partial charge in [0.15, 0.2) is 5.65 Å². The highest BCUT2D eigenvalue weighted by molar-refractivity contribution is 5.77. The molecule has 1 atom stereocenters. The number of carboxylic acid groups (broad SMARTS) is 1. The van der Waals surface area contributed by atoms with Crippen molar-refractivity contribution in [1.29, 1.82) is 0 Å². The molecule has 0 amide bonds. The van der Waals surface area contributed by atoms with E-state index >= 15 is 0 Å². The maximum absolute atomic E-state index is 11.9. The number of pyridine rings is 1. The summed E-state index contributed by atoms with van der Waals surface area (Å²) in [5, 5.41) is 8.93. The molecular formula is C10H11N3O3. The van der Waals surface area contributed by atoms with E-state index in [9.17, 15) is 9.59 Å². The van der Waals surface area contributed by atoms with E-state index in [1.165, 1.54) is 22.3 Å². The fourth-order valence-corrected chi connectivity index (χ4v) is 1.65. The summed E-state index contributed by atoms with van der Waals surface area (Å²) in [4.78, 5) is 26.8. The lowest BCUT2D eigenvalue weighted by atomic mass is 10.3. The van der Waals surface area contributed by atoms with Crippen molar-refractivity contribution < 1.29 is 9.90 Å². The number of rotatable bonds is 2. The number of carbonyl (C=O) groups is 1. The predicted molar refractivity (Wildman–Crippen MR) is 57.3 cm³/mol. The molecule has 16 heavy (non-hydrogen) atoms. The molecular weight excluding hydrogens is 210 g/mol. The van der Waals surface area contributed by atoms with Gasteiger partial charge in [-0.05, 0) is 19.1 Å². The number of aromatic nitrogens is 3. The van der Waals surface area contributed by atoms with Crippen molar-refractivity contribution >= 4 is 17.1 Å².